The topological polar surface area (TPSA) is 39.2 Å². The van der Waals surface area contributed by atoms with Crippen LogP contribution in [0.3, 0.4) is 0 Å². The number of methoxy groups -OCH3 is 1. The summed E-state index contributed by atoms with van der Waals surface area (Å²) < 4.78 is 4.80. The quantitative estimate of drug-likeness (QED) is 0.734. The summed E-state index contributed by atoms with van der Waals surface area (Å²) in [5, 5.41) is 0. The molecule has 1 aromatic rings. The summed E-state index contributed by atoms with van der Waals surface area (Å²) in [7, 11) is 1.40. The predicted molar refractivity (Wildman–Crippen MR) is 66.8 cm³/mol. The Bertz CT molecular complexity index is 463. The van der Waals surface area contributed by atoms with Gasteiger partial charge in [-0.25, -0.2) is 4.79 Å². The lowest BCUT2D eigenvalue weighted by Gasteiger charge is -2.15. The van der Waals surface area contributed by atoms with E-state index in [9.17, 15) is 4.79 Å². The molecule has 0 amide bonds. The van der Waals surface area contributed by atoms with Gasteiger partial charge >= 0.3 is 5.97 Å². The van der Waals surface area contributed by atoms with Crippen LogP contribution in [0.15, 0.2) is 18.3 Å². The van der Waals surface area contributed by atoms with Gasteiger partial charge in [0.25, 0.3) is 0 Å². The van der Waals surface area contributed by atoms with Gasteiger partial charge in [0.1, 0.15) is 0 Å². The number of nitrogens with zero attached hydrogens (tertiary/aromatic N) is 1. The lowest BCUT2D eigenvalue weighted by Crippen LogP contribution is -2.08. The molecule has 1 aromatic heterocycles. The van der Waals surface area contributed by atoms with Gasteiger partial charge < -0.3 is 4.74 Å². The van der Waals surface area contributed by atoms with E-state index in [1.165, 1.54) is 25.5 Å². The van der Waals surface area contributed by atoms with Gasteiger partial charge in [-0.15, -0.1) is 0 Å². The van der Waals surface area contributed by atoms with Crippen LogP contribution in [0.25, 0.3) is 5.57 Å². The monoisotopic (exact) mass is 231 g/mol. The first-order chi connectivity index (χ1) is 8.22. The van der Waals surface area contributed by atoms with E-state index in [0.717, 1.165) is 24.1 Å². The summed E-state index contributed by atoms with van der Waals surface area (Å²) in [4.78, 5) is 15.9. The number of allylic oxidation sites excluding steroid dienone is 2. The summed E-state index contributed by atoms with van der Waals surface area (Å²) >= 11 is 0. The molecule has 1 aliphatic carbocycles. The Hall–Kier alpha value is -1.64. The molecular formula is C14H17NO2. The highest BCUT2D eigenvalue weighted by Crippen LogP contribution is 2.29. The average Bonchev–Trinajstić information content (AvgIpc) is 2.39. The van der Waals surface area contributed by atoms with Crippen molar-refractivity contribution in [2.45, 2.75) is 32.6 Å². The largest absolute Gasteiger partial charge is 0.465 e. The number of carbonyl (C=O) groups is 1. The van der Waals surface area contributed by atoms with Gasteiger partial charge in [0.2, 0.25) is 0 Å². The van der Waals surface area contributed by atoms with Crippen LogP contribution in [-0.2, 0) is 4.74 Å². The van der Waals surface area contributed by atoms with Crippen LogP contribution in [0.1, 0.15) is 47.3 Å². The highest BCUT2D eigenvalue weighted by Gasteiger charge is 2.16. The van der Waals surface area contributed by atoms with E-state index in [1.54, 1.807) is 6.20 Å². The molecule has 3 nitrogen and oxygen atoms in total. The van der Waals surface area contributed by atoms with Gasteiger partial charge in [-0.1, -0.05) is 6.08 Å². The summed E-state index contributed by atoms with van der Waals surface area (Å²) in [5.41, 5.74) is 3.75. The molecule has 0 N–H and O–H groups in total. The third-order valence-electron chi connectivity index (χ3n) is 3.08. The fourth-order valence-corrected chi connectivity index (χ4v) is 2.18. The third kappa shape index (κ3) is 2.54. The van der Waals surface area contributed by atoms with Crippen LogP contribution in [0.2, 0.25) is 0 Å². The van der Waals surface area contributed by atoms with Crippen molar-refractivity contribution >= 4 is 11.5 Å². The Morgan fingerprint density at radius 2 is 2.24 bits per heavy atom. The first-order valence-electron chi connectivity index (χ1n) is 5.96. The number of rotatable bonds is 2. The molecule has 0 bridgehead atoms. The van der Waals surface area contributed by atoms with Crippen molar-refractivity contribution in [1.82, 2.24) is 4.98 Å². The molecule has 0 aliphatic heterocycles. The number of pyridine rings is 1. The van der Waals surface area contributed by atoms with E-state index in [4.69, 9.17) is 4.74 Å². The smallest absolute Gasteiger partial charge is 0.340 e. The summed E-state index contributed by atoms with van der Waals surface area (Å²) in [6.07, 6.45) is 8.40. The van der Waals surface area contributed by atoms with Crippen LogP contribution in [-0.4, -0.2) is 18.1 Å². The molecule has 0 saturated heterocycles. The molecule has 17 heavy (non-hydrogen) atoms. The van der Waals surface area contributed by atoms with Gasteiger partial charge in [0.15, 0.2) is 0 Å². The van der Waals surface area contributed by atoms with Crippen molar-refractivity contribution in [1.29, 1.82) is 0 Å². The Balaban J connectivity index is 2.46. The fourth-order valence-electron chi connectivity index (χ4n) is 2.18. The minimum Gasteiger partial charge on any atom is -0.465 e. The molecule has 3 heteroatoms. The minimum atomic E-state index is -0.307. The van der Waals surface area contributed by atoms with Crippen molar-refractivity contribution in [2.24, 2.45) is 0 Å². The van der Waals surface area contributed by atoms with E-state index in [2.05, 4.69) is 11.1 Å². The van der Waals surface area contributed by atoms with Gasteiger partial charge in [0.05, 0.1) is 12.7 Å². The summed E-state index contributed by atoms with van der Waals surface area (Å²) in [6.45, 7) is 1.94. The molecule has 1 heterocycles. The zero-order valence-corrected chi connectivity index (χ0v) is 10.3. The van der Waals surface area contributed by atoms with Crippen molar-refractivity contribution in [3.05, 3.63) is 35.2 Å². The zero-order chi connectivity index (χ0) is 12.3. The maximum Gasteiger partial charge on any atom is 0.340 e. The summed E-state index contributed by atoms with van der Waals surface area (Å²) in [5.74, 6) is -0.307. The molecule has 0 spiro atoms. The Kier molecular flexibility index (Phi) is 3.57. The van der Waals surface area contributed by atoms with Crippen LogP contribution in [0.4, 0.5) is 0 Å². The molecule has 0 saturated carbocycles. The number of hydrogen-bond acceptors (Lipinski definition) is 3. The molecule has 1 aliphatic rings. The number of aromatic nitrogens is 1. The van der Waals surface area contributed by atoms with Gasteiger partial charge in [0, 0.05) is 11.9 Å². The molecular weight excluding hydrogens is 214 g/mol. The maximum atomic E-state index is 11.7. The average molecular weight is 231 g/mol. The molecule has 0 atom stereocenters. The number of carbonyl (C=O) groups excluding carboxylic acids is 1. The van der Waals surface area contributed by atoms with Crippen molar-refractivity contribution in [3.8, 4) is 0 Å². The second kappa shape index (κ2) is 5.13. The second-order valence-electron chi connectivity index (χ2n) is 4.34. The van der Waals surface area contributed by atoms with Gasteiger partial charge in [-0.3, -0.25) is 4.98 Å². The summed E-state index contributed by atoms with van der Waals surface area (Å²) in [6, 6.07) is 1.98. The van der Waals surface area contributed by atoms with E-state index in [0.29, 0.717) is 5.56 Å². The second-order valence-corrected chi connectivity index (χ2v) is 4.34. The first kappa shape index (κ1) is 11.8. The molecule has 0 radical (unpaired) electrons. The Labute approximate surface area is 102 Å². The van der Waals surface area contributed by atoms with Crippen molar-refractivity contribution in [2.75, 3.05) is 7.11 Å². The van der Waals surface area contributed by atoms with E-state index >= 15 is 0 Å². The molecule has 0 fully saturated rings. The van der Waals surface area contributed by atoms with Gasteiger partial charge in [-0.05, 0) is 49.8 Å². The molecule has 0 aromatic carbocycles. The van der Waals surface area contributed by atoms with E-state index in [1.807, 2.05) is 13.0 Å². The number of aryl methyl sites for hydroxylation is 1. The van der Waals surface area contributed by atoms with Gasteiger partial charge in [-0.2, -0.15) is 0 Å². The Morgan fingerprint density at radius 1 is 1.41 bits per heavy atom. The van der Waals surface area contributed by atoms with Crippen LogP contribution >= 0.6 is 0 Å². The highest BCUT2D eigenvalue weighted by atomic mass is 16.5. The van der Waals surface area contributed by atoms with Crippen molar-refractivity contribution < 1.29 is 9.53 Å². The Morgan fingerprint density at radius 3 is 2.88 bits per heavy atom. The predicted octanol–water partition coefficient (Wildman–Crippen LogP) is 3.13. The lowest BCUT2D eigenvalue weighted by atomic mass is 9.91. The fraction of sp³-hybridized carbons (Fsp3) is 0.429. The first-order valence-corrected chi connectivity index (χ1v) is 5.96. The molecule has 0 unspecified atom stereocenters. The normalized spacial score (nSPS) is 15.3. The maximum absolute atomic E-state index is 11.7. The van der Waals surface area contributed by atoms with E-state index in [-0.39, 0.29) is 5.97 Å². The molecule has 2 rings (SSSR count). The number of esters is 1. The minimum absolute atomic E-state index is 0.307. The SMILES string of the molecule is COC(=O)c1cnc(C)cc1C1=CCCCC1. The zero-order valence-electron chi connectivity index (χ0n) is 10.3. The van der Waals surface area contributed by atoms with Crippen molar-refractivity contribution in [3.63, 3.8) is 0 Å². The third-order valence-corrected chi connectivity index (χ3v) is 3.08. The van der Waals surface area contributed by atoms with Crippen LogP contribution in [0, 0.1) is 6.92 Å². The standard InChI is InChI=1S/C14H17NO2/c1-10-8-12(11-6-4-3-5-7-11)13(9-15-10)14(16)17-2/h6,8-9H,3-5,7H2,1-2H3. The number of ether oxygens (including phenoxy) is 1. The van der Waals surface area contributed by atoms with Crippen LogP contribution < -0.4 is 0 Å². The lowest BCUT2D eigenvalue weighted by molar-refractivity contribution is 0.0600. The van der Waals surface area contributed by atoms with Crippen LogP contribution in [0.5, 0.6) is 0 Å². The highest BCUT2D eigenvalue weighted by molar-refractivity contribution is 5.95. The van der Waals surface area contributed by atoms with E-state index < -0.39 is 0 Å². The number of hydrogen-bond donors (Lipinski definition) is 0. The molecule has 90 valence electrons.